The average molecular weight is 408 g/mol. The van der Waals surface area contributed by atoms with Crippen LogP contribution in [-0.2, 0) is 11.3 Å². The number of nitrogens with one attached hydrogen (secondary N) is 1. The number of carbonyl (C=O) groups is 1. The smallest absolute Gasteiger partial charge is 0.255 e. The summed E-state index contributed by atoms with van der Waals surface area (Å²) in [4.78, 5) is 17.6. The van der Waals surface area contributed by atoms with Gasteiger partial charge in [0.1, 0.15) is 0 Å². The maximum Gasteiger partial charge on any atom is 0.255 e. The SMILES string of the molecule is CC1CN(CC2CCCN2Cc2ccc(C(=O)Nc3ccccc3)cc2)CC(C)O1. The Labute approximate surface area is 180 Å². The Morgan fingerprint density at radius 3 is 2.43 bits per heavy atom. The highest BCUT2D eigenvalue weighted by Crippen LogP contribution is 2.23. The summed E-state index contributed by atoms with van der Waals surface area (Å²) in [7, 11) is 0. The van der Waals surface area contributed by atoms with Gasteiger partial charge >= 0.3 is 0 Å². The number of morpholine rings is 1. The summed E-state index contributed by atoms with van der Waals surface area (Å²) >= 11 is 0. The lowest BCUT2D eigenvalue weighted by atomic mass is 10.1. The molecule has 0 aromatic heterocycles. The van der Waals surface area contributed by atoms with Crippen LogP contribution in [0.1, 0.15) is 42.6 Å². The number of benzene rings is 2. The minimum Gasteiger partial charge on any atom is -0.373 e. The van der Waals surface area contributed by atoms with E-state index in [1.807, 2.05) is 42.5 Å². The van der Waals surface area contributed by atoms with Gasteiger partial charge in [0.2, 0.25) is 0 Å². The van der Waals surface area contributed by atoms with Gasteiger partial charge in [-0.05, 0) is 63.1 Å². The first-order valence-corrected chi connectivity index (χ1v) is 11.1. The van der Waals surface area contributed by atoms with Crippen molar-refractivity contribution in [2.24, 2.45) is 0 Å². The van der Waals surface area contributed by atoms with Crippen LogP contribution in [0, 0.1) is 0 Å². The summed E-state index contributed by atoms with van der Waals surface area (Å²) in [6.45, 7) is 9.61. The van der Waals surface area contributed by atoms with Crippen LogP contribution in [0.3, 0.4) is 0 Å². The van der Waals surface area contributed by atoms with Crippen molar-refractivity contribution in [3.05, 3.63) is 65.7 Å². The zero-order valence-corrected chi connectivity index (χ0v) is 18.1. The number of amides is 1. The highest BCUT2D eigenvalue weighted by molar-refractivity contribution is 6.04. The Morgan fingerprint density at radius 2 is 1.73 bits per heavy atom. The van der Waals surface area contributed by atoms with E-state index in [0.717, 1.165) is 38.4 Å². The molecule has 0 aliphatic carbocycles. The van der Waals surface area contributed by atoms with Gasteiger partial charge in [-0.1, -0.05) is 30.3 Å². The second-order valence-electron chi connectivity index (χ2n) is 8.76. The fourth-order valence-electron chi connectivity index (χ4n) is 4.76. The molecule has 4 rings (SSSR count). The Kier molecular flexibility index (Phi) is 6.82. The van der Waals surface area contributed by atoms with E-state index in [9.17, 15) is 4.79 Å². The maximum absolute atomic E-state index is 12.5. The van der Waals surface area contributed by atoms with Crippen LogP contribution in [0.25, 0.3) is 0 Å². The molecule has 2 heterocycles. The second-order valence-corrected chi connectivity index (χ2v) is 8.76. The molecular formula is C25H33N3O2. The standard InChI is InChI=1S/C25H33N3O2/c1-19-15-27(16-20(2)30-19)18-24-9-6-14-28(24)17-21-10-12-22(13-11-21)25(29)26-23-7-4-3-5-8-23/h3-5,7-8,10-13,19-20,24H,6,9,14-18H2,1-2H3,(H,26,29). The quantitative estimate of drug-likeness (QED) is 0.786. The fraction of sp³-hybridized carbons (Fsp3) is 0.480. The zero-order valence-electron chi connectivity index (χ0n) is 18.1. The highest BCUT2D eigenvalue weighted by Gasteiger charge is 2.29. The first kappa shape index (κ1) is 21.0. The molecule has 2 fully saturated rings. The van der Waals surface area contributed by atoms with Gasteiger partial charge in [0, 0.05) is 43.5 Å². The predicted molar refractivity (Wildman–Crippen MR) is 121 cm³/mol. The summed E-state index contributed by atoms with van der Waals surface area (Å²) in [6, 6.07) is 18.2. The van der Waals surface area contributed by atoms with E-state index in [2.05, 4.69) is 41.1 Å². The van der Waals surface area contributed by atoms with Gasteiger partial charge in [-0.2, -0.15) is 0 Å². The van der Waals surface area contributed by atoms with Crippen molar-refractivity contribution in [1.82, 2.24) is 9.80 Å². The van der Waals surface area contributed by atoms with Crippen LogP contribution < -0.4 is 5.32 Å². The Hall–Kier alpha value is -2.21. The average Bonchev–Trinajstić information content (AvgIpc) is 3.15. The van der Waals surface area contributed by atoms with E-state index in [4.69, 9.17) is 4.74 Å². The van der Waals surface area contributed by atoms with Crippen molar-refractivity contribution in [3.8, 4) is 0 Å². The Balaban J connectivity index is 1.32. The number of nitrogens with zero attached hydrogens (tertiary/aromatic N) is 2. The molecule has 30 heavy (non-hydrogen) atoms. The molecule has 3 unspecified atom stereocenters. The molecule has 1 N–H and O–H groups in total. The van der Waals surface area contributed by atoms with Crippen molar-refractivity contribution in [3.63, 3.8) is 0 Å². The van der Waals surface area contributed by atoms with Crippen LogP contribution in [0.4, 0.5) is 5.69 Å². The van der Waals surface area contributed by atoms with E-state index in [0.29, 0.717) is 23.8 Å². The third-order valence-corrected chi connectivity index (χ3v) is 6.10. The normalized spacial score (nSPS) is 25.3. The van der Waals surface area contributed by atoms with Crippen LogP contribution in [-0.4, -0.2) is 60.1 Å². The van der Waals surface area contributed by atoms with Crippen molar-refractivity contribution in [2.75, 3.05) is 31.5 Å². The number of carbonyl (C=O) groups excluding carboxylic acids is 1. The van der Waals surface area contributed by atoms with Crippen molar-refractivity contribution in [2.45, 2.75) is 51.5 Å². The van der Waals surface area contributed by atoms with Gasteiger partial charge in [-0.15, -0.1) is 0 Å². The number of likely N-dealkylation sites (tertiary alicyclic amines) is 1. The predicted octanol–water partition coefficient (Wildman–Crippen LogP) is 4.01. The monoisotopic (exact) mass is 407 g/mol. The minimum absolute atomic E-state index is 0.0673. The molecule has 0 radical (unpaired) electrons. The summed E-state index contributed by atoms with van der Waals surface area (Å²) in [5.41, 5.74) is 2.77. The van der Waals surface area contributed by atoms with E-state index < -0.39 is 0 Å². The van der Waals surface area contributed by atoms with Gasteiger partial charge in [0.05, 0.1) is 12.2 Å². The molecule has 5 heteroatoms. The Morgan fingerprint density at radius 1 is 1.03 bits per heavy atom. The number of rotatable bonds is 6. The summed E-state index contributed by atoms with van der Waals surface area (Å²) in [5, 5.41) is 2.95. The molecule has 2 aliphatic rings. The van der Waals surface area contributed by atoms with Crippen LogP contribution >= 0.6 is 0 Å². The number of anilines is 1. The second kappa shape index (κ2) is 9.73. The molecule has 2 saturated heterocycles. The molecule has 0 saturated carbocycles. The van der Waals surface area contributed by atoms with Crippen LogP contribution in [0.2, 0.25) is 0 Å². The number of para-hydroxylation sites is 1. The van der Waals surface area contributed by atoms with E-state index in [1.54, 1.807) is 0 Å². The molecule has 3 atom stereocenters. The van der Waals surface area contributed by atoms with Gasteiger partial charge < -0.3 is 10.1 Å². The first-order chi connectivity index (χ1) is 14.6. The zero-order chi connectivity index (χ0) is 20.9. The number of hydrogen-bond acceptors (Lipinski definition) is 4. The topological polar surface area (TPSA) is 44.8 Å². The van der Waals surface area contributed by atoms with Gasteiger partial charge in [-0.25, -0.2) is 0 Å². The highest BCUT2D eigenvalue weighted by atomic mass is 16.5. The summed E-state index contributed by atoms with van der Waals surface area (Å²) in [5.74, 6) is -0.0673. The fourth-order valence-corrected chi connectivity index (χ4v) is 4.76. The molecule has 0 bridgehead atoms. The van der Waals surface area contributed by atoms with Crippen molar-refractivity contribution < 1.29 is 9.53 Å². The molecular weight excluding hydrogens is 374 g/mol. The van der Waals surface area contributed by atoms with Crippen LogP contribution in [0.15, 0.2) is 54.6 Å². The van der Waals surface area contributed by atoms with Crippen LogP contribution in [0.5, 0.6) is 0 Å². The lowest BCUT2D eigenvalue weighted by Crippen LogP contribution is -2.50. The third kappa shape index (κ3) is 5.48. The molecule has 160 valence electrons. The first-order valence-electron chi connectivity index (χ1n) is 11.1. The lowest BCUT2D eigenvalue weighted by Gasteiger charge is -2.38. The third-order valence-electron chi connectivity index (χ3n) is 6.10. The van der Waals surface area contributed by atoms with E-state index in [1.165, 1.54) is 18.4 Å². The maximum atomic E-state index is 12.5. The van der Waals surface area contributed by atoms with E-state index in [-0.39, 0.29) is 5.91 Å². The molecule has 2 aromatic carbocycles. The largest absolute Gasteiger partial charge is 0.373 e. The van der Waals surface area contributed by atoms with Crippen molar-refractivity contribution in [1.29, 1.82) is 0 Å². The van der Waals surface area contributed by atoms with Gasteiger partial charge in [0.15, 0.2) is 0 Å². The van der Waals surface area contributed by atoms with Crippen molar-refractivity contribution >= 4 is 11.6 Å². The molecule has 0 spiro atoms. The minimum atomic E-state index is -0.0673. The number of ether oxygens (including phenoxy) is 1. The van der Waals surface area contributed by atoms with Gasteiger partial charge in [0.25, 0.3) is 5.91 Å². The van der Waals surface area contributed by atoms with E-state index >= 15 is 0 Å². The summed E-state index contributed by atoms with van der Waals surface area (Å²) in [6.07, 6.45) is 3.16. The molecule has 2 aromatic rings. The lowest BCUT2D eigenvalue weighted by molar-refractivity contribution is -0.0724. The summed E-state index contributed by atoms with van der Waals surface area (Å²) < 4.78 is 5.88. The number of hydrogen-bond donors (Lipinski definition) is 1. The Bertz CT molecular complexity index is 814. The van der Waals surface area contributed by atoms with Gasteiger partial charge in [-0.3, -0.25) is 14.6 Å². The molecule has 1 amide bonds. The molecule has 2 aliphatic heterocycles. The molecule has 5 nitrogen and oxygen atoms in total.